The predicted molar refractivity (Wildman–Crippen MR) is 82.2 cm³/mol. The fraction of sp³-hybridized carbons (Fsp3) is 0.800. The molecule has 0 aromatic rings. The van der Waals surface area contributed by atoms with Gasteiger partial charge in [0.25, 0.3) is 0 Å². The maximum absolute atomic E-state index is 12.3. The van der Waals surface area contributed by atoms with Gasteiger partial charge in [-0.2, -0.15) is 0 Å². The summed E-state index contributed by atoms with van der Waals surface area (Å²) in [5, 5.41) is 0.777. The number of hydrogen-bond donors (Lipinski definition) is 0. The van der Waals surface area contributed by atoms with Gasteiger partial charge in [0.2, 0.25) is 0 Å². The molecule has 2 saturated carbocycles. The Morgan fingerprint density at radius 3 is 2.84 bits per heavy atom. The minimum absolute atomic E-state index is 0.00196. The van der Waals surface area contributed by atoms with Gasteiger partial charge in [0.1, 0.15) is 5.60 Å². The maximum atomic E-state index is 12.3. The Morgan fingerprint density at radius 1 is 1.42 bits per heavy atom. The summed E-state index contributed by atoms with van der Waals surface area (Å²) in [6, 6.07) is 0. The van der Waals surface area contributed by atoms with Crippen LogP contribution in [0.25, 0.3) is 0 Å². The highest BCUT2D eigenvalue weighted by Gasteiger charge is 2.71. The SMILES string of the molecule is C[C@]12OC(=O)C3CCC[C@H](I)C(C=C1Cl)C1(CC1)C32. The molecule has 0 aromatic heterocycles. The van der Waals surface area contributed by atoms with E-state index < -0.39 is 5.60 Å². The van der Waals surface area contributed by atoms with Gasteiger partial charge < -0.3 is 4.74 Å². The first-order valence-electron chi connectivity index (χ1n) is 7.24. The Hall–Kier alpha value is 0.230. The van der Waals surface area contributed by atoms with Crippen molar-refractivity contribution in [2.75, 3.05) is 0 Å². The molecule has 4 aliphatic rings. The second kappa shape index (κ2) is 3.90. The van der Waals surface area contributed by atoms with Crippen molar-refractivity contribution in [2.24, 2.45) is 23.2 Å². The van der Waals surface area contributed by atoms with Crippen molar-refractivity contribution < 1.29 is 9.53 Å². The molecule has 104 valence electrons. The molecular formula is C15H18ClIO2. The van der Waals surface area contributed by atoms with Crippen molar-refractivity contribution in [3.05, 3.63) is 11.1 Å². The first-order valence-corrected chi connectivity index (χ1v) is 8.86. The summed E-state index contributed by atoms with van der Waals surface area (Å²) >= 11 is 9.14. The van der Waals surface area contributed by atoms with Gasteiger partial charge in [-0.15, -0.1) is 0 Å². The quantitative estimate of drug-likeness (QED) is 0.353. The Bertz CT molecular complexity index is 485. The summed E-state index contributed by atoms with van der Waals surface area (Å²) in [6.07, 6.45) is 8.02. The number of allylic oxidation sites excluding steroid dienone is 1. The van der Waals surface area contributed by atoms with Crippen LogP contribution in [0.1, 0.15) is 39.0 Å². The Kier molecular flexibility index (Phi) is 2.66. The van der Waals surface area contributed by atoms with Crippen LogP contribution < -0.4 is 0 Å². The molecule has 3 aliphatic carbocycles. The zero-order chi connectivity index (χ0) is 13.4. The van der Waals surface area contributed by atoms with Gasteiger partial charge in [0.15, 0.2) is 0 Å². The molecule has 5 atom stereocenters. The molecule has 0 N–H and O–H groups in total. The fourth-order valence-corrected chi connectivity index (χ4v) is 6.62. The van der Waals surface area contributed by atoms with E-state index in [0.29, 0.717) is 21.2 Å². The van der Waals surface area contributed by atoms with E-state index in [1.807, 2.05) is 6.92 Å². The molecule has 0 radical (unpaired) electrons. The smallest absolute Gasteiger partial charge is 0.310 e. The summed E-state index contributed by atoms with van der Waals surface area (Å²) in [5.74, 6) is 0.933. The van der Waals surface area contributed by atoms with Gasteiger partial charge in [-0.3, -0.25) is 4.79 Å². The molecule has 3 unspecified atom stereocenters. The molecule has 1 spiro atoms. The third-order valence-electron chi connectivity index (χ3n) is 5.91. The second-order valence-electron chi connectivity index (χ2n) is 6.83. The zero-order valence-corrected chi connectivity index (χ0v) is 13.9. The van der Waals surface area contributed by atoms with Crippen LogP contribution in [0.2, 0.25) is 0 Å². The molecule has 4 heteroatoms. The van der Waals surface area contributed by atoms with E-state index in [1.54, 1.807) is 0 Å². The lowest BCUT2D eigenvalue weighted by atomic mass is 9.59. The lowest BCUT2D eigenvalue weighted by molar-refractivity contribution is -0.147. The zero-order valence-electron chi connectivity index (χ0n) is 11.0. The Labute approximate surface area is 132 Å². The van der Waals surface area contributed by atoms with Crippen molar-refractivity contribution in [1.82, 2.24) is 0 Å². The first kappa shape index (κ1) is 12.9. The van der Waals surface area contributed by atoms with Crippen LogP contribution in [0, 0.1) is 23.2 Å². The number of carbonyl (C=O) groups is 1. The van der Waals surface area contributed by atoms with Crippen LogP contribution in [0.15, 0.2) is 11.1 Å². The number of halogens is 2. The average Bonchev–Trinajstić information content (AvgIpc) is 3.07. The highest BCUT2D eigenvalue weighted by atomic mass is 127. The molecule has 4 rings (SSSR count). The number of esters is 1. The third-order valence-corrected chi connectivity index (χ3v) is 7.81. The lowest BCUT2D eigenvalue weighted by Gasteiger charge is -2.47. The average molecular weight is 393 g/mol. The number of rotatable bonds is 0. The van der Waals surface area contributed by atoms with Crippen LogP contribution in [0.4, 0.5) is 0 Å². The highest BCUT2D eigenvalue weighted by Crippen LogP contribution is 2.71. The number of alkyl halides is 1. The molecule has 1 saturated heterocycles. The lowest BCUT2D eigenvalue weighted by Crippen LogP contribution is -2.49. The van der Waals surface area contributed by atoms with Crippen LogP contribution in [-0.2, 0) is 9.53 Å². The number of carbonyl (C=O) groups excluding carboxylic acids is 1. The van der Waals surface area contributed by atoms with Crippen molar-refractivity contribution in [3.8, 4) is 0 Å². The molecule has 1 aliphatic heterocycles. The molecule has 19 heavy (non-hydrogen) atoms. The van der Waals surface area contributed by atoms with Crippen molar-refractivity contribution in [3.63, 3.8) is 0 Å². The van der Waals surface area contributed by atoms with E-state index in [2.05, 4.69) is 28.7 Å². The summed E-state index contributed by atoms with van der Waals surface area (Å²) in [5.41, 5.74) is -0.236. The van der Waals surface area contributed by atoms with Crippen molar-refractivity contribution in [1.29, 1.82) is 0 Å². The second-order valence-corrected chi connectivity index (χ2v) is 8.84. The van der Waals surface area contributed by atoms with Gasteiger partial charge in [0.05, 0.1) is 11.0 Å². The van der Waals surface area contributed by atoms with Crippen LogP contribution in [-0.4, -0.2) is 15.5 Å². The van der Waals surface area contributed by atoms with Gasteiger partial charge in [-0.05, 0) is 43.9 Å². The normalized spacial score (nSPS) is 50.3. The largest absolute Gasteiger partial charge is 0.453 e. The summed E-state index contributed by atoms with van der Waals surface area (Å²) in [6.45, 7) is 2.04. The Balaban J connectivity index is 1.91. The molecule has 3 fully saturated rings. The van der Waals surface area contributed by atoms with Crippen molar-refractivity contribution >= 4 is 40.2 Å². The van der Waals surface area contributed by atoms with Crippen molar-refractivity contribution in [2.45, 2.75) is 48.6 Å². The summed E-state index contributed by atoms with van der Waals surface area (Å²) in [7, 11) is 0. The molecule has 1 heterocycles. The standard InChI is InChI=1S/C15H18ClIO2/c1-14-11(16)7-9-10(17)4-2-3-8(13(18)19-14)12(14)15(9)5-6-15/h7-10,12H,2-6H2,1H3/t8?,9?,10-,12?,14-/m0/s1. The molecule has 2 bridgehead atoms. The van der Waals surface area contributed by atoms with Gasteiger partial charge in [-0.1, -0.05) is 46.7 Å². The van der Waals surface area contributed by atoms with E-state index in [0.717, 1.165) is 17.9 Å². The van der Waals surface area contributed by atoms with Gasteiger partial charge in [-0.25, -0.2) is 0 Å². The number of ether oxygens (including phenoxy) is 1. The van der Waals surface area contributed by atoms with Gasteiger partial charge >= 0.3 is 5.97 Å². The molecule has 0 amide bonds. The van der Waals surface area contributed by atoms with Crippen LogP contribution in [0.5, 0.6) is 0 Å². The maximum Gasteiger partial charge on any atom is 0.310 e. The van der Waals surface area contributed by atoms with E-state index in [9.17, 15) is 4.79 Å². The minimum Gasteiger partial charge on any atom is -0.453 e. The summed E-state index contributed by atoms with van der Waals surface area (Å²) in [4.78, 5) is 12.3. The van der Waals surface area contributed by atoms with E-state index in [1.165, 1.54) is 19.3 Å². The van der Waals surface area contributed by atoms with Crippen LogP contribution >= 0.6 is 34.2 Å². The van der Waals surface area contributed by atoms with E-state index in [-0.39, 0.29) is 11.9 Å². The monoisotopic (exact) mass is 392 g/mol. The van der Waals surface area contributed by atoms with E-state index in [4.69, 9.17) is 16.3 Å². The molecule has 2 nitrogen and oxygen atoms in total. The molecule has 0 aromatic carbocycles. The summed E-state index contributed by atoms with van der Waals surface area (Å²) < 4.78 is 6.42. The van der Waals surface area contributed by atoms with E-state index >= 15 is 0 Å². The van der Waals surface area contributed by atoms with Crippen LogP contribution in [0.3, 0.4) is 0 Å². The Morgan fingerprint density at radius 2 is 2.16 bits per heavy atom. The predicted octanol–water partition coefficient (Wildman–Crippen LogP) is 4.05. The first-order chi connectivity index (χ1) is 8.99. The van der Waals surface area contributed by atoms with Gasteiger partial charge in [0, 0.05) is 9.84 Å². The number of hydrogen-bond acceptors (Lipinski definition) is 2. The topological polar surface area (TPSA) is 26.3 Å². The fourth-order valence-electron chi connectivity index (χ4n) is 4.96. The minimum atomic E-state index is -0.538. The molecular weight excluding hydrogens is 375 g/mol. The highest BCUT2D eigenvalue weighted by molar-refractivity contribution is 14.1. The third kappa shape index (κ3) is 1.52.